The first-order valence-corrected chi connectivity index (χ1v) is 3.88. The third-order valence-corrected chi connectivity index (χ3v) is 2.19. The van der Waals surface area contributed by atoms with E-state index in [1.165, 1.54) is 5.57 Å². The fraction of sp³-hybridized carbons (Fsp3) is 0.500. The fourth-order valence-corrected chi connectivity index (χ4v) is 1.12. The van der Waals surface area contributed by atoms with Crippen molar-refractivity contribution in [2.45, 2.75) is 33.2 Å². The molecule has 0 N–H and O–H groups in total. The maximum absolute atomic E-state index is 4.53. The number of hydrogen-bond acceptors (Lipinski definition) is 1. The van der Waals surface area contributed by atoms with Crippen molar-refractivity contribution in [1.82, 2.24) is 0 Å². The number of rotatable bonds is 0. The Morgan fingerprint density at radius 1 is 1.36 bits per heavy atom. The molecule has 0 aliphatic carbocycles. The molecule has 1 heterocycles. The highest BCUT2D eigenvalue weighted by Gasteiger charge is 2.22. The van der Waals surface area contributed by atoms with Crippen LogP contribution in [0.2, 0.25) is 0 Å². The lowest BCUT2D eigenvalue weighted by molar-refractivity contribution is 0.625. The smallest absolute Gasteiger partial charge is 0.0798 e. The summed E-state index contributed by atoms with van der Waals surface area (Å²) in [5.41, 5.74) is 3.36. The van der Waals surface area contributed by atoms with Gasteiger partial charge in [-0.3, -0.25) is 4.99 Å². The molecular weight excluding hydrogens is 134 g/mol. The highest BCUT2D eigenvalue weighted by Crippen LogP contribution is 2.26. The van der Waals surface area contributed by atoms with Crippen molar-refractivity contribution in [2.75, 3.05) is 0 Å². The highest BCUT2D eigenvalue weighted by atomic mass is 14.9. The molecule has 1 rings (SSSR count). The Bertz CT molecular complexity index is 254. The molecule has 0 spiro atoms. The van der Waals surface area contributed by atoms with Gasteiger partial charge >= 0.3 is 0 Å². The molecule has 0 saturated carbocycles. The molecule has 0 atom stereocenters. The van der Waals surface area contributed by atoms with Crippen LogP contribution in [0.25, 0.3) is 0 Å². The van der Waals surface area contributed by atoms with Crippen LogP contribution < -0.4 is 0 Å². The quantitative estimate of drug-likeness (QED) is 0.502. The molecule has 11 heavy (non-hydrogen) atoms. The van der Waals surface area contributed by atoms with Crippen LogP contribution >= 0.6 is 0 Å². The van der Waals surface area contributed by atoms with Gasteiger partial charge in [0.05, 0.1) is 5.54 Å². The second-order valence-electron chi connectivity index (χ2n) is 3.61. The molecule has 1 heteroatoms. The van der Waals surface area contributed by atoms with Crippen LogP contribution in [0, 0.1) is 0 Å². The van der Waals surface area contributed by atoms with Gasteiger partial charge in [0.25, 0.3) is 0 Å². The van der Waals surface area contributed by atoms with E-state index in [1.54, 1.807) is 0 Å². The summed E-state index contributed by atoms with van der Waals surface area (Å²) in [6.07, 6.45) is 2.11. The normalized spacial score (nSPS) is 22.7. The summed E-state index contributed by atoms with van der Waals surface area (Å²) in [6.45, 7) is 12.2. The van der Waals surface area contributed by atoms with E-state index < -0.39 is 0 Å². The van der Waals surface area contributed by atoms with Crippen LogP contribution in [0.15, 0.2) is 28.8 Å². The van der Waals surface area contributed by atoms with Crippen molar-refractivity contribution in [3.8, 4) is 0 Å². The molecule has 60 valence electrons. The van der Waals surface area contributed by atoms with Gasteiger partial charge in [-0.25, -0.2) is 0 Å². The van der Waals surface area contributed by atoms with Crippen molar-refractivity contribution in [2.24, 2.45) is 4.99 Å². The van der Waals surface area contributed by atoms with E-state index in [0.717, 1.165) is 11.3 Å². The Kier molecular flexibility index (Phi) is 1.75. The average Bonchev–Trinajstić information content (AvgIpc) is 1.83. The van der Waals surface area contributed by atoms with Crippen LogP contribution in [-0.4, -0.2) is 11.3 Å². The average molecular weight is 149 g/mol. The first-order chi connectivity index (χ1) is 4.93. The van der Waals surface area contributed by atoms with E-state index in [2.05, 4.69) is 38.4 Å². The Balaban J connectivity index is 3.08. The zero-order valence-electron chi connectivity index (χ0n) is 7.73. The van der Waals surface area contributed by atoms with Crippen molar-refractivity contribution in [1.29, 1.82) is 0 Å². The van der Waals surface area contributed by atoms with Crippen LogP contribution in [0.3, 0.4) is 0 Å². The molecule has 0 radical (unpaired) electrons. The molecule has 0 bridgehead atoms. The Labute approximate surface area is 68.5 Å². The predicted molar refractivity (Wildman–Crippen MR) is 50.1 cm³/mol. The molecule has 1 aliphatic heterocycles. The SMILES string of the molecule is C=C1C=C(C)C(C)=NC1(C)C. The topological polar surface area (TPSA) is 12.4 Å². The molecule has 0 aromatic heterocycles. The van der Waals surface area contributed by atoms with Gasteiger partial charge in [0, 0.05) is 5.71 Å². The van der Waals surface area contributed by atoms with Gasteiger partial charge in [-0.05, 0) is 38.8 Å². The second kappa shape index (κ2) is 2.33. The predicted octanol–water partition coefficient (Wildman–Crippen LogP) is 2.74. The van der Waals surface area contributed by atoms with Crippen molar-refractivity contribution >= 4 is 5.71 Å². The highest BCUT2D eigenvalue weighted by molar-refractivity contribution is 5.99. The standard InChI is InChI=1S/C10H15N/c1-7-6-8(2)10(4,5)11-9(7)3/h6H,2H2,1,3-5H3. The van der Waals surface area contributed by atoms with E-state index >= 15 is 0 Å². The van der Waals surface area contributed by atoms with Crippen LogP contribution in [0.4, 0.5) is 0 Å². The first kappa shape index (κ1) is 8.25. The van der Waals surface area contributed by atoms with Gasteiger partial charge in [-0.15, -0.1) is 0 Å². The second-order valence-corrected chi connectivity index (χ2v) is 3.61. The zero-order valence-corrected chi connectivity index (χ0v) is 7.73. The monoisotopic (exact) mass is 149 g/mol. The molecule has 0 aromatic rings. The van der Waals surface area contributed by atoms with Crippen molar-refractivity contribution in [3.05, 3.63) is 23.8 Å². The minimum Gasteiger partial charge on any atom is -0.279 e. The van der Waals surface area contributed by atoms with E-state index in [0.29, 0.717) is 0 Å². The molecule has 0 unspecified atom stereocenters. The molecule has 0 aromatic carbocycles. The van der Waals surface area contributed by atoms with Gasteiger partial charge in [0.2, 0.25) is 0 Å². The lowest BCUT2D eigenvalue weighted by Gasteiger charge is -2.26. The maximum atomic E-state index is 4.53. The summed E-state index contributed by atoms with van der Waals surface area (Å²) in [5.74, 6) is 0. The summed E-state index contributed by atoms with van der Waals surface area (Å²) < 4.78 is 0. The number of nitrogens with zero attached hydrogens (tertiary/aromatic N) is 1. The van der Waals surface area contributed by atoms with Crippen LogP contribution in [0.5, 0.6) is 0 Å². The summed E-state index contributed by atoms with van der Waals surface area (Å²) in [5, 5.41) is 0. The van der Waals surface area contributed by atoms with Gasteiger partial charge in [-0.2, -0.15) is 0 Å². The van der Waals surface area contributed by atoms with Crippen LogP contribution in [-0.2, 0) is 0 Å². The summed E-state index contributed by atoms with van der Waals surface area (Å²) >= 11 is 0. The van der Waals surface area contributed by atoms with Gasteiger partial charge in [-0.1, -0.05) is 12.7 Å². The van der Waals surface area contributed by atoms with Gasteiger partial charge in [0.1, 0.15) is 0 Å². The maximum Gasteiger partial charge on any atom is 0.0798 e. The number of allylic oxidation sites excluding steroid dienone is 1. The van der Waals surface area contributed by atoms with Gasteiger partial charge in [0.15, 0.2) is 0 Å². The molecule has 1 nitrogen and oxygen atoms in total. The lowest BCUT2D eigenvalue weighted by atomic mass is 9.90. The number of hydrogen-bond donors (Lipinski definition) is 0. The Hall–Kier alpha value is -0.850. The molecule has 0 saturated heterocycles. The summed E-state index contributed by atoms with van der Waals surface area (Å²) in [4.78, 5) is 4.53. The Morgan fingerprint density at radius 2 is 1.91 bits per heavy atom. The first-order valence-electron chi connectivity index (χ1n) is 3.88. The summed E-state index contributed by atoms with van der Waals surface area (Å²) in [6, 6.07) is 0. The minimum atomic E-state index is -0.0937. The zero-order chi connectivity index (χ0) is 8.65. The molecular formula is C10H15N. The lowest BCUT2D eigenvalue weighted by Crippen LogP contribution is -2.24. The van der Waals surface area contributed by atoms with E-state index in [9.17, 15) is 0 Å². The molecule has 0 fully saturated rings. The van der Waals surface area contributed by atoms with Crippen molar-refractivity contribution < 1.29 is 0 Å². The third kappa shape index (κ3) is 1.42. The van der Waals surface area contributed by atoms with Crippen LogP contribution in [0.1, 0.15) is 27.7 Å². The fourth-order valence-electron chi connectivity index (χ4n) is 1.12. The number of dihydropyridines is 1. The van der Waals surface area contributed by atoms with E-state index in [-0.39, 0.29) is 5.54 Å². The molecule has 0 amide bonds. The van der Waals surface area contributed by atoms with Crippen molar-refractivity contribution in [3.63, 3.8) is 0 Å². The summed E-state index contributed by atoms with van der Waals surface area (Å²) in [7, 11) is 0. The van der Waals surface area contributed by atoms with E-state index in [1.807, 2.05) is 6.92 Å². The van der Waals surface area contributed by atoms with Gasteiger partial charge < -0.3 is 0 Å². The largest absolute Gasteiger partial charge is 0.279 e. The molecule has 1 aliphatic rings. The van der Waals surface area contributed by atoms with E-state index in [4.69, 9.17) is 0 Å². The Morgan fingerprint density at radius 3 is 2.36 bits per heavy atom. The third-order valence-electron chi connectivity index (χ3n) is 2.19. The number of aliphatic imine (C=N–C) groups is 1. The minimum absolute atomic E-state index is 0.0937.